The van der Waals surface area contributed by atoms with Crippen LogP contribution in [0.5, 0.6) is 0 Å². The SMILES string of the molecule is CC1=NC=C(N)N(N)C1C. The first-order chi connectivity index (χ1) is 4.63. The molecular formula is C6H12N4. The predicted molar refractivity (Wildman–Crippen MR) is 40.9 cm³/mol. The van der Waals surface area contributed by atoms with E-state index in [2.05, 4.69) is 4.99 Å². The number of nitrogens with zero attached hydrogens (tertiary/aromatic N) is 2. The maximum Gasteiger partial charge on any atom is 0.132 e. The van der Waals surface area contributed by atoms with E-state index in [4.69, 9.17) is 11.6 Å². The first kappa shape index (κ1) is 7.08. The summed E-state index contributed by atoms with van der Waals surface area (Å²) in [5, 5.41) is 1.50. The molecule has 1 unspecified atom stereocenters. The van der Waals surface area contributed by atoms with Gasteiger partial charge in [0.05, 0.1) is 12.2 Å². The molecule has 4 nitrogen and oxygen atoms in total. The number of hydrazine groups is 1. The topological polar surface area (TPSA) is 67.6 Å². The van der Waals surface area contributed by atoms with E-state index in [1.54, 1.807) is 6.20 Å². The normalized spacial score (nSPS) is 25.9. The monoisotopic (exact) mass is 140 g/mol. The summed E-state index contributed by atoms with van der Waals surface area (Å²) >= 11 is 0. The Balaban J connectivity index is 2.86. The van der Waals surface area contributed by atoms with Gasteiger partial charge in [0.2, 0.25) is 0 Å². The Morgan fingerprint density at radius 1 is 1.70 bits per heavy atom. The third kappa shape index (κ3) is 0.974. The molecule has 0 aromatic carbocycles. The molecular weight excluding hydrogens is 128 g/mol. The molecule has 0 spiro atoms. The van der Waals surface area contributed by atoms with Crippen LogP contribution in [0, 0.1) is 0 Å². The summed E-state index contributed by atoms with van der Waals surface area (Å²) < 4.78 is 0. The third-order valence-corrected chi connectivity index (χ3v) is 1.72. The van der Waals surface area contributed by atoms with Crippen LogP contribution in [0.15, 0.2) is 17.0 Å². The minimum absolute atomic E-state index is 0.116. The molecule has 1 heterocycles. The average Bonchev–Trinajstić information content (AvgIpc) is 1.93. The van der Waals surface area contributed by atoms with Crippen molar-refractivity contribution in [1.29, 1.82) is 0 Å². The summed E-state index contributed by atoms with van der Waals surface area (Å²) in [4.78, 5) is 4.05. The first-order valence-electron chi connectivity index (χ1n) is 3.17. The maximum absolute atomic E-state index is 5.57. The highest BCUT2D eigenvalue weighted by molar-refractivity contribution is 5.88. The lowest BCUT2D eigenvalue weighted by molar-refractivity contribution is 0.323. The minimum atomic E-state index is 0.116. The van der Waals surface area contributed by atoms with E-state index in [1.807, 2.05) is 13.8 Å². The molecule has 4 N–H and O–H groups in total. The van der Waals surface area contributed by atoms with E-state index in [-0.39, 0.29) is 6.04 Å². The van der Waals surface area contributed by atoms with Gasteiger partial charge in [0.15, 0.2) is 0 Å². The number of hydrogen-bond donors (Lipinski definition) is 2. The second-order valence-electron chi connectivity index (χ2n) is 2.41. The van der Waals surface area contributed by atoms with Crippen molar-refractivity contribution in [2.45, 2.75) is 19.9 Å². The van der Waals surface area contributed by atoms with Gasteiger partial charge >= 0.3 is 0 Å². The van der Waals surface area contributed by atoms with Crippen LogP contribution < -0.4 is 11.6 Å². The van der Waals surface area contributed by atoms with Crippen molar-refractivity contribution in [1.82, 2.24) is 5.01 Å². The molecule has 0 saturated carbocycles. The van der Waals surface area contributed by atoms with Gasteiger partial charge in [-0.3, -0.25) is 10.0 Å². The lowest BCUT2D eigenvalue weighted by atomic mass is 10.2. The number of nitrogens with two attached hydrogens (primary N) is 2. The van der Waals surface area contributed by atoms with Gasteiger partial charge in [-0.15, -0.1) is 0 Å². The molecule has 0 amide bonds. The first-order valence-corrected chi connectivity index (χ1v) is 3.17. The number of aliphatic imine (C=N–C) groups is 1. The second-order valence-corrected chi connectivity index (χ2v) is 2.41. The molecule has 10 heavy (non-hydrogen) atoms. The van der Waals surface area contributed by atoms with Crippen LogP contribution in [0.2, 0.25) is 0 Å². The Morgan fingerprint density at radius 2 is 2.30 bits per heavy atom. The molecule has 1 aliphatic heterocycles. The highest BCUT2D eigenvalue weighted by Crippen LogP contribution is 2.06. The van der Waals surface area contributed by atoms with Crippen molar-refractivity contribution >= 4 is 5.71 Å². The Bertz CT molecular complexity index is 172. The Labute approximate surface area is 60.2 Å². The van der Waals surface area contributed by atoms with Crippen molar-refractivity contribution in [3.05, 3.63) is 12.0 Å². The smallest absolute Gasteiger partial charge is 0.132 e. The van der Waals surface area contributed by atoms with E-state index in [0.717, 1.165) is 5.71 Å². The molecule has 1 rings (SSSR count). The molecule has 0 radical (unpaired) electrons. The van der Waals surface area contributed by atoms with Crippen LogP contribution in [0.25, 0.3) is 0 Å². The lowest BCUT2D eigenvalue weighted by Crippen LogP contribution is -2.46. The maximum atomic E-state index is 5.57. The van der Waals surface area contributed by atoms with Gasteiger partial charge < -0.3 is 5.73 Å². The van der Waals surface area contributed by atoms with E-state index in [1.165, 1.54) is 5.01 Å². The average molecular weight is 140 g/mol. The van der Waals surface area contributed by atoms with E-state index in [0.29, 0.717) is 5.82 Å². The molecule has 1 aliphatic rings. The molecule has 0 aromatic rings. The van der Waals surface area contributed by atoms with Crippen LogP contribution >= 0.6 is 0 Å². The fourth-order valence-corrected chi connectivity index (χ4v) is 0.767. The van der Waals surface area contributed by atoms with Gasteiger partial charge in [-0.25, -0.2) is 5.84 Å². The summed E-state index contributed by atoms with van der Waals surface area (Å²) in [6.45, 7) is 3.88. The third-order valence-electron chi connectivity index (χ3n) is 1.72. The molecule has 0 bridgehead atoms. The van der Waals surface area contributed by atoms with Crippen molar-refractivity contribution in [2.75, 3.05) is 0 Å². The zero-order chi connectivity index (χ0) is 7.72. The standard InChI is InChI=1S/C6H12N4/c1-4-5(2)10(8)6(7)3-9-4/h3,5H,7-8H2,1-2H3. The molecule has 0 fully saturated rings. The largest absolute Gasteiger partial charge is 0.383 e. The highest BCUT2D eigenvalue weighted by atomic mass is 15.5. The summed E-state index contributed by atoms with van der Waals surface area (Å²) in [6.07, 6.45) is 1.56. The van der Waals surface area contributed by atoms with Gasteiger partial charge in [0, 0.05) is 5.71 Å². The van der Waals surface area contributed by atoms with Crippen LogP contribution in [0.4, 0.5) is 0 Å². The molecule has 0 aromatic heterocycles. The Hall–Kier alpha value is -1.03. The number of rotatable bonds is 0. The number of hydrogen-bond acceptors (Lipinski definition) is 4. The lowest BCUT2D eigenvalue weighted by Gasteiger charge is -2.28. The molecule has 56 valence electrons. The quantitative estimate of drug-likeness (QED) is 0.457. The summed E-state index contributed by atoms with van der Waals surface area (Å²) in [5.41, 5.74) is 6.47. The van der Waals surface area contributed by atoms with Gasteiger partial charge in [-0.1, -0.05) is 0 Å². The fraction of sp³-hybridized carbons (Fsp3) is 0.500. The fourth-order valence-electron chi connectivity index (χ4n) is 0.767. The van der Waals surface area contributed by atoms with Crippen molar-refractivity contribution in [2.24, 2.45) is 16.6 Å². The van der Waals surface area contributed by atoms with Gasteiger partial charge in [0.1, 0.15) is 5.82 Å². The van der Waals surface area contributed by atoms with E-state index >= 15 is 0 Å². The zero-order valence-electron chi connectivity index (χ0n) is 6.20. The highest BCUT2D eigenvalue weighted by Gasteiger charge is 2.16. The van der Waals surface area contributed by atoms with Crippen LogP contribution in [0.1, 0.15) is 13.8 Å². The van der Waals surface area contributed by atoms with E-state index in [9.17, 15) is 0 Å². The Kier molecular flexibility index (Phi) is 1.63. The molecule has 0 saturated heterocycles. The molecule has 4 heteroatoms. The van der Waals surface area contributed by atoms with Gasteiger partial charge in [-0.2, -0.15) is 0 Å². The van der Waals surface area contributed by atoms with Crippen LogP contribution in [-0.4, -0.2) is 16.8 Å². The predicted octanol–water partition coefficient (Wildman–Crippen LogP) is -0.217. The van der Waals surface area contributed by atoms with E-state index < -0.39 is 0 Å². The van der Waals surface area contributed by atoms with Crippen LogP contribution in [0.3, 0.4) is 0 Å². The minimum Gasteiger partial charge on any atom is -0.383 e. The van der Waals surface area contributed by atoms with Crippen molar-refractivity contribution in [3.8, 4) is 0 Å². The molecule has 1 atom stereocenters. The summed E-state index contributed by atoms with van der Waals surface area (Å²) in [5.74, 6) is 6.08. The molecule has 0 aliphatic carbocycles. The summed E-state index contributed by atoms with van der Waals surface area (Å²) in [6, 6.07) is 0.116. The van der Waals surface area contributed by atoms with Crippen molar-refractivity contribution in [3.63, 3.8) is 0 Å². The zero-order valence-corrected chi connectivity index (χ0v) is 6.20. The van der Waals surface area contributed by atoms with Gasteiger partial charge in [-0.05, 0) is 13.8 Å². The second kappa shape index (κ2) is 2.30. The Morgan fingerprint density at radius 3 is 2.80 bits per heavy atom. The van der Waals surface area contributed by atoms with Gasteiger partial charge in [0.25, 0.3) is 0 Å². The summed E-state index contributed by atoms with van der Waals surface area (Å²) in [7, 11) is 0. The van der Waals surface area contributed by atoms with Crippen molar-refractivity contribution < 1.29 is 0 Å². The van der Waals surface area contributed by atoms with Crippen LogP contribution in [-0.2, 0) is 0 Å².